The smallest absolute Gasteiger partial charge is 0.355 e. The Morgan fingerprint density at radius 2 is 2.35 bits per heavy atom. The quantitative estimate of drug-likeness (QED) is 0.869. The maximum absolute atomic E-state index is 10.7. The highest BCUT2D eigenvalue weighted by molar-refractivity contribution is 7.98. The van der Waals surface area contributed by atoms with Crippen LogP contribution in [-0.2, 0) is 5.75 Å². The average molecular weight is 286 g/mol. The number of halogens is 1. The number of hydrogen-bond acceptors (Lipinski definition) is 4. The minimum atomic E-state index is -0.986. The molecule has 0 radical (unpaired) electrons. The molecule has 0 saturated carbocycles. The number of nitrogens with zero attached hydrogens (tertiary/aromatic N) is 1. The summed E-state index contributed by atoms with van der Waals surface area (Å²) in [6, 6.07) is 7.53. The molecular weight excluding hydrogens is 278 g/mol. The van der Waals surface area contributed by atoms with E-state index in [4.69, 9.17) is 16.7 Å². The van der Waals surface area contributed by atoms with E-state index < -0.39 is 5.97 Å². The SMILES string of the molecule is O=C(O)c1csc(CSc2cccc(Cl)c2)n1. The van der Waals surface area contributed by atoms with Crippen LogP contribution in [0.4, 0.5) is 0 Å². The van der Waals surface area contributed by atoms with Gasteiger partial charge in [0.05, 0.1) is 5.75 Å². The zero-order chi connectivity index (χ0) is 12.3. The predicted octanol–water partition coefficient (Wildman–Crippen LogP) is 3.79. The molecule has 17 heavy (non-hydrogen) atoms. The summed E-state index contributed by atoms with van der Waals surface area (Å²) >= 11 is 8.81. The Morgan fingerprint density at radius 3 is 3.00 bits per heavy atom. The third-order valence-corrected chi connectivity index (χ3v) is 4.20. The minimum Gasteiger partial charge on any atom is -0.476 e. The van der Waals surface area contributed by atoms with E-state index in [1.54, 1.807) is 17.1 Å². The first-order valence-electron chi connectivity index (χ1n) is 4.71. The summed E-state index contributed by atoms with van der Waals surface area (Å²) in [5.41, 5.74) is 0.108. The second-order valence-electron chi connectivity index (χ2n) is 3.18. The Labute approximate surface area is 111 Å². The molecule has 0 bridgehead atoms. The van der Waals surface area contributed by atoms with Gasteiger partial charge in [0.1, 0.15) is 5.01 Å². The standard InChI is InChI=1S/C11H8ClNO2S2/c12-7-2-1-3-8(4-7)16-6-10-13-9(5-17-10)11(14)15/h1-5H,6H2,(H,14,15). The summed E-state index contributed by atoms with van der Waals surface area (Å²) in [7, 11) is 0. The van der Waals surface area contributed by atoms with Gasteiger partial charge in [-0.15, -0.1) is 23.1 Å². The van der Waals surface area contributed by atoms with Gasteiger partial charge < -0.3 is 5.11 Å². The highest BCUT2D eigenvalue weighted by Gasteiger charge is 2.08. The van der Waals surface area contributed by atoms with E-state index in [2.05, 4.69) is 4.98 Å². The second kappa shape index (κ2) is 5.53. The van der Waals surface area contributed by atoms with Crippen LogP contribution < -0.4 is 0 Å². The Balaban J connectivity index is 2.00. The Hall–Kier alpha value is -1.04. The first-order chi connectivity index (χ1) is 8.15. The van der Waals surface area contributed by atoms with E-state index >= 15 is 0 Å². The number of rotatable bonds is 4. The van der Waals surface area contributed by atoms with Crippen LogP contribution in [0.2, 0.25) is 5.02 Å². The average Bonchev–Trinajstić information content (AvgIpc) is 2.75. The van der Waals surface area contributed by atoms with E-state index in [9.17, 15) is 4.79 Å². The van der Waals surface area contributed by atoms with Gasteiger partial charge >= 0.3 is 5.97 Å². The van der Waals surface area contributed by atoms with Gasteiger partial charge in [0, 0.05) is 15.3 Å². The van der Waals surface area contributed by atoms with Crippen molar-refractivity contribution >= 4 is 40.7 Å². The molecule has 1 N–H and O–H groups in total. The molecule has 3 nitrogen and oxygen atoms in total. The highest BCUT2D eigenvalue weighted by atomic mass is 35.5. The van der Waals surface area contributed by atoms with Crippen LogP contribution in [0, 0.1) is 0 Å². The van der Waals surface area contributed by atoms with Gasteiger partial charge in [-0.2, -0.15) is 0 Å². The molecule has 6 heteroatoms. The topological polar surface area (TPSA) is 50.2 Å². The number of thioether (sulfide) groups is 1. The van der Waals surface area contributed by atoms with Crippen molar-refractivity contribution in [1.82, 2.24) is 4.98 Å². The van der Waals surface area contributed by atoms with Crippen LogP contribution in [0.25, 0.3) is 0 Å². The van der Waals surface area contributed by atoms with Crippen molar-refractivity contribution in [2.24, 2.45) is 0 Å². The number of carboxylic acid groups (broad SMARTS) is 1. The highest BCUT2D eigenvalue weighted by Crippen LogP contribution is 2.26. The van der Waals surface area contributed by atoms with Crippen LogP contribution in [0.3, 0.4) is 0 Å². The molecule has 2 rings (SSSR count). The fourth-order valence-electron chi connectivity index (χ4n) is 1.18. The summed E-state index contributed by atoms with van der Waals surface area (Å²) in [5, 5.41) is 11.8. The van der Waals surface area contributed by atoms with Gasteiger partial charge in [-0.05, 0) is 18.2 Å². The maximum atomic E-state index is 10.7. The molecule has 0 aliphatic heterocycles. The molecule has 0 spiro atoms. The fraction of sp³-hybridized carbons (Fsp3) is 0.0909. The Kier molecular flexibility index (Phi) is 4.04. The lowest BCUT2D eigenvalue weighted by Crippen LogP contribution is -1.96. The lowest BCUT2D eigenvalue weighted by molar-refractivity contribution is 0.0691. The zero-order valence-electron chi connectivity index (χ0n) is 8.59. The van der Waals surface area contributed by atoms with Crippen molar-refractivity contribution in [3.8, 4) is 0 Å². The van der Waals surface area contributed by atoms with E-state index in [-0.39, 0.29) is 5.69 Å². The summed E-state index contributed by atoms with van der Waals surface area (Å²) in [6.45, 7) is 0. The van der Waals surface area contributed by atoms with Crippen molar-refractivity contribution in [3.63, 3.8) is 0 Å². The maximum Gasteiger partial charge on any atom is 0.355 e. The van der Waals surface area contributed by atoms with Crippen LogP contribution in [0.1, 0.15) is 15.5 Å². The van der Waals surface area contributed by atoms with Gasteiger partial charge in [0.15, 0.2) is 5.69 Å². The number of thiazole rings is 1. The zero-order valence-corrected chi connectivity index (χ0v) is 11.0. The van der Waals surface area contributed by atoms with Crippen LogP contribution in [0.15, 0.2) is 34.5 Å². The molecule has 1 aromatic heterocycles. The molecule has 0 saturated heterocycles. The molecule has 0 aliphatic rings. The van der Waals surface area contributed by atoms with E-state index in [1.165, 1.54) is 11.3 Å². The van der Waals surface area contributed by atoms with Crippen LogP contribution in [0.5, 0.6) is 0 Å². The van der Waals surface area contributed by atoms with E-state index in [0.29, 0.717) is 10.8 Å². The van der Waals surface area contributed by atoms with Gasteiger partial charge in [-0.3, -0.25) is 0 Å². The molecule has 0 fully saturated rings. The molecule has 88 valence electrons. The summed E-state index contributed by atoms with van der Waals surface area (Å²) in [5.74, 6) is -0.335. The van der Waals surface area contributed by atoms with Crippen molar-refractivity contribution in [3.05, 3.63) is 45.4 Å². The number of carbonyl (C=O) groups is 1. The summed E-state index contributed by atoms with van der Waals surface area (Å²) in [4.78, 5) is 15.7. The number of aromatic nitrogens is 1. The molecule has 1 heterocycles. The van der Waals surface area contributed by atoms with Gasteiger partial charge in [0.25, 0.3) is 0 Å². The normalized spacial score (nSPS) is 10.4. The largest absolute Gasteiger partial charge is 0.476 e. The van der Waals surface area contributed by atoms with E-state index in [1.807, 2.05) is 24.3 Å². The molecule has 0 aliphatic carbocycles. The number of benzene rings is 1. The molecule has 0 amide bonds. The Morgan fingerprint density at radius 1 is 1.53 bits per heavy atom. The summed E-state index contributed by atoms with van der Waals surface area (Å²) < 4.78 is 0. The molecule has 2 aromatic rings. The molecular formula is C11H8ClNO2S2. The van der Waals surface area contributed by atoms with E-state index in [0.717, 1.165) is 9.90 Å². The van der Waals surface area contributed by atoms with Crippen LogP contribution >= 0.6 is 34.7 Å². The van der Waals surface area contributed by atoms with Crippen molar-refractivity contribution < 1.29 is 9.90 Å². The van der Waals surface area contributed by atoms with Crippen molar-refractivity contribution in [2.45, 2.75) is 10.6 Å². The van der Waals surface area contributed by atoms with Crippen LogP contribution in [-0.4, -0.2) is 16.1 Å². The van der Waals surface area contributed by atoms with Gasteiger partial charge in [-0.25, -0.2) is 9.78 Å². The molecule has 0 atom stereocenters. The monoisotopic (exact) mass is 285 g/mol. The Bertz CT molecular complexity index is 542. The fourth-order valence-corrected chi connectivity index (χ4v) is 3.17. The van der Waals surface area contributed by atoms with Gasteiger partial charge in [0.2, 0.25) is 0 Å². The van der Waals surface area contributed by atoms with Crippen molar-refractivity contribution in [2.75, 3.05) is 0 Å². The third-order valence-electron chi connectivity index (χ3n) is 1.93. The summed E-state index contributed by atoms with van der Waals surface area (Å²) in [6.07, 6.45) is 0. The first kappa shape index (κ1) is 12.4. The first-order valence-corrected chi connectivity index (χ1v) is 6.95. The minimum absolute atomic E-state index is 0.108. The molecule has 0 unspecified atom stereocenters. The second-order valence-corrected chi connectivity index (χ2v) is 5.61. The van der Waals surface area contributed by atoms with Crippen molar-refractivity contribution in [1.29, 1.82) is 0 Å². The lowest BCUT2D eigenvalue weighted by atomic mass is 10.4. The number of carboxylic acids is 1. The number of hydrogen-bond donors (Lipinski definition) is 1. The lowest BCUT2D eigenvalue weighted by Gasteiger charge is -1.99. The predicted molar refractivity (Wildman–Crippen MR) is 70.1 cm³/mol. The third kappa shape index (κ3) is 3.46. The molecule has 1 aromatic carbocycles. The number of aromatic carboxylic acids is 1. The van der Waals surface area contributed by atoms with Gasteiger partial charge in [-0.1, -0.05) is 17.7 Å².